The highest BCUT2D eigenvalue weighted by molar-refractivity contribution is 5.77. The minimum absolute atomic E-state index is 0.0302. The van der Waals surface area contributed by atoms with Gasteiger partial charge in [0.15, 0.2) is 6.61 Å². The van der Waals surface area contributed by atoms with Crippen LogP contribution in [-0.4, -0.2) is 50.6 Å². The Kier molecular flexibility index (Phi) is 6.12. The third-order valence-corrected chi connectivity index (χ3v) is 4.69. The Labute approximate surface area is 155 Å². The lowest BCUT2D eigenvalue weighted by molar-refractivity contribution is -0.123. The molecule has 1 N–H and O–H groups in total. The molecular weight excluding hydrogens is 326 g/mol. The zero-order valence-electron chi connectivity index (χ0n) is 15.6. The van der Waals surface area contributed by atoms with Crippen molar-refractivity contribution in [3.8, 4) is 5.75 Å². The lowest BCUT2D eigenvalue weighted by Crippen LogP contribution is -2.44. The molecule has 0 aromatic heterocycles. The number of aryl methyl sites for hydroxylation is 1. The van der Waals surface area contributed by atoms with Gasteiger partial charge in [-0.3, -0.25) is 4.79 Å². The van der Waals surface area contributed by atoms with Crippen LogP contribution in [0.1, 0.15) is 11.1 Å². The van der Waals surface area contributed by atoms with Crippen molar-refractivity contribution in [2.75, 3.05) is 44.7 Å². The van der Waals surface area contributed by atoms with Gasteiger partial charge in [0.05, 0.1) is 0 Å². The Bertz CT molecular complexity index is 705. The van der Waals surface area contributed by atoms with Gasteiger partial charge in [-0.25, -0.2) is 0 Å². The van der Waals surface area contributed by atoms with Gasteiger partial charge in [-0.15, -0.1) is 0 Å². The maximum Gasteiger partial charge on any atom is 0.258 e. The van der Waals surface area contributed by atoms with E-state index in [0.717, 1.165) is 31.7 Å². The molecule has 1 amide bonds. The first-order chi connectivity index (χ1) is 12.6. The Morgan fingerprint density at radius 1 is 1.00 bits per heavy atom. The third kappa shape index (κ3) is 5.23. The minimum Gasteiger partial charge on any atom is -0.484 e. The highest BCUT2D eigenvalue weighted by Crippen LogP contribution is 2.17. The molecule has 0 atom stereocenters. The summed E-state index contributed by atoms with van der Waals surface area (Å²) in [5, 5.41) is 2.90. The molecule has 2 aromatic carbocycles. The summed E-state index contributed by atoms with van der Waals surface area (Å²) in [7, 11) is 2.16. The van der Waals surface area contributed by atoms with E-state index in [4.69, 9.17) is 4.74 Å². The summed E-state index contributed by atoms with van der Waals surface area (Å²) >= 11 is 0. The molecule has 0 unspecified atom stereocenters. The molecule has 0 radical (unpaired) electrons. The molecule has 1 aliphatic rings. The van der Waals surface area contributed by atoms with Gasteiger partial charge in [-0.1, -0.05) is 29.8 Å². The molecule has 3 rings (SSSR count). The van der Waals surface area contributed by atoms with Crippen molar-refractivity contribution in [1.29, 1.82) is 0 Å². The smallest absolute Gasteiger partial charge is 0.258 e. The highest BCUT2D eigenvalue weighted by atomic mass is 16.5. The van der Waals surface area contributed by atoms with Gasteiger partial charge in [0.25, 0.3) is 5.91 Å². The van der Waals surface area contributed by atoms with Gasteiger partial charge in [-0.05, 0) is 43.8 Å². The molecule has 1 fully saturated rings. The second-order valence-electron chi connectivity index (χ2n) is 6.84. The normalized spacial score (nSPS) is 14.9. The van der Waals surface area contributed by atoms with Gasteiger partial charge >= 0.3 is 0 Å². The van der Waals surface area contributed by atoms with Crippen molar-refractivity contribution in [1.82, 2.24) is 10.2 Å². The Morgan fingerprint density at radius 2 is 1.65 bits per heavy atom. The molecule has 26 heavy (non-hydrogen) atoms. The third-order valence-electron chi connectivity index (χ3n) is 4.69. The molecule has 138 valence electrons. The number of likely N-dealkylation sites (N-methyl/N-ethyl adjacent to an activating group) is 1. The van der Waals surface area contributed by atoms with Gasteiger partial charge in [-0.2, -0.15) is 0 Å². The van der Waals surface area contributed by atoms with E-state index in [9.17, 15) is 4.79 Å². The zero-order valence-corrected chi connectivity index (χ0v) is 15.6. The number of hydrogen-bond donors (Lipinski definition) is 1. The van der Waals surface area contributed by atoms with Crippen molar-refractivity contribution in [2.45, 2.75) is 13.5 Å². The van der Waals surface area contributed by atoms with Gasteiger partial charge < -0.3 is 19.9 Å². The number of hydrogen-bond acceptors (Lipinski definition) is 4. The summed E-state index contributed by atoms with van der Waals surface area (Å²) in [6, 6.07) is 16.1. The Morgan fingerprint density at radius 3 is 2.31 bits per heavy atom. The van der Waals surface area contributed by atoms with Crippen LogP contribution in [0.3, 0.4) is 0 Å². The molecule has 0 spiro atoms. The summed E-state index contributed by atoms with van der Waals surface area (Å²) in [6.07, 6.45) is 0. The monoisotopic (exact) mass is 353 g/mol. The topological polar surface area (TPSA) is 44.8 Å². The Balaban J connectivity index is 1.42. The fourth-order valence-electron chi connectivity index (χ4n) is 2.92. The van der Waals surface area contributed by atoms with Crippen LogP contribution in [0.5, 0.6) is 5.75 Å². The second kappa shape index (κ2) is 8.72. The molecule has 0 bridgehead atoms. The number of nitrogens with zero attached hydrogens (tertiary/aromatic N) is 2. The van der Waals surface area contributed by atoms with Crippen LogP contribution in [0.25, 0.3) is 0 Å². The molecular formula is C21H27N3O2. The number of carbonyl (C=O) groups excluding carboxylic acids is 1. The lowest BCUT2D eigenvalue weighted by atomic mass is 10.2. The van der Waals surface area contributed by atoms with Crippen LogP contribution in [0.2, 0.25) is 0 Å². The first-order valence-corrected chi connectivity index (χ1v) is 9.09. The number of benzene rings is 2. The number of rotatable bonds is 6. The van der Waals surface area contributed by atoms with E-state index in [1.807, 2.05) is 31.2 Å². The van der Waals surface area contributed by atoms with Crippen LogP contribution in [-0.2, 0) is 11.3 Å². The van der Waals surface area contributed by atoms with Gasteiger partial charge in [0.2, 0.25) is 0 Å². The van der Waals surface area contributed by atoms with Crippen molar-refractivity contribution >= 4 is 11.6 Å². The fraction of sp³-hybridized carbons (Fsp3) is 0.381. The average Bonchev–Trinajstić information content (AvgIpc) is 2.67. The number of carbonyl (C=O) groups is 1. The summed E-state index contributed by atoms with van der Waals surface area (Å²) in [5.41, 5.74) is 3.50. The van der Waals surface area contributed by atoms with E-state index in [1.165, 1.54) is 11.3 Å². The number of amides is 1. The summed E-state index contributed by atoms with van der Waals surface area (Å²) < 4.78 is 5.50. The summed E-state index contributed by atoms with van der Waals surface area (Å²) in [5.74, 6) is 0.594. The standard InChI is InChI=1S/C21H27N3O2/c1-17-3-9-20(10-4-17)26-16-21(25)22-15-18-5-7-19(8-6-18)24-13-11-23(2)12-14-24/h3-10H,11-16H2,1-2H3,(H,22,25). The van der Waals surface area contributed by atoms with E-state index in [1.54, 1.807) is 0 Å². The molecule has 2 aromatic rings. The van der Waals surface area contributed by atoms with Crippen LogP contribution in [0, 0.1) is 6.92 Å². The van der Waals surface area contributed by atoms with Gasteiger partial charge in [0.1, 0.15) is 5.75 Å². The highest BCUT2D eigenvalue weighted by Gasteiger charge is 2.14. The van der Waals surface area contributed by atoms with E-state index in [0.29, 0.717) is 12.3 Å². The maximum absolute atomic E-state index is 12.0. The molecule has 1 saturated heterocycles. The SMILES string of the molecule is Cc1ccc(OCC(=O)NCc2ccc(N3CCN(C)CC3)cc2)cc1. The van der Waals surface area contributed by atoms with Crippen molar-refractivity contribution < 1.29 is 9.53 Å². The quantitative estimate of drug-likeness (QED) is 0.866. The summed E-state index contributed by atoms with van der Waals surface area (Å²) in [4.78, 5) is 16.7. The second-order valence-corrected chi connectivity index (χ2v) is 6.84. The maximum atomic E-state index is 12.0. The first-order valence-electron chi connectivity index (χ1n) is 9.09. The van der Waals surface area contributed by atoms with E-state index in [2.05, 4.69) is 46.4 Å². The molecule has 5 heteroatoms. The summed E-state index contributed by atoms with van der Waals surface area (Å²) in [6.45, 7) is 6.87. The largest absolute Gasteiger partial charge is 0.484 e. The van der Waals surface area contributed by atoms with E-state index < -0.39 is 0 Å². The van der Waals surface area contributed by atoms with Crippen LogP contribution in [0.4, 0.5) is 5.69 Å². The fourth-order valence-corrected chi connectivity index (χ4v) is 2.92. The van der Waals surface area contributed by atoms with Crippen LogP contribution >= 0.6 is 0 Å². The van der Waals surface area contributed by atoms with Crippen molar-refractivity contribution in [3.05, 3.63) is 59.7 Å². The number of nitrogens with one attached hydrogen (secondary N) is 1. The van der Waals surface area contributed by atoms with Gasteiger partial charge in [0, 0.05) is 38.4 Å². The number of ether oxygens (including phenoxy) is 1. The van der Waals surface area contributed by atoms with E-state index in [-0.39, 0.29) is 12.5 Å². The minimum atomic E-state index is -0.117. The predicted octanol–water partition coefficient (Wildman–Crippen LogP) is 2.44. The van der Waals surface area contributed by atoms with E-state index >= 15 is 0 Å². The van der Waals surface area contributed by atoms with Crippen molar-refractivity contribution in [2.24, 2.45) is 0 Å². The first kappa shape index (κ1) is 18.3. The molecule has 0 aliphatic carbocycles. The number of piperazine rings is 1. The lowest BCUT2D eigenvalue weighted by Gasteiger charge is -2.34. The Hall–Kier alpha value is -2.53. The predicted molar refractivity (Wildman–Crippen MR) is 105 cm³/mol. The molecule has 0 saturated carbocycles. The van der Waals surface area contributed by atoms with Crippen LogP contribution in [0.15, 0.2) is 48.5 Å². The average molecular weight is 353 g/mol. The zero-order chi connectivity index (χ0) is 18.4. The molecule has 5 nitrogen and oxygen atoms in total. The van der Waals surface area contributed by atoms with Crippen LogP contribution < -0.4 is 15.0 Å². The number of anilines is 1. The molecule has 1 heterocycles. The molecule has 1 aliphatic heterocycles. The van der Waals surface area contributed by atoms with Crippen molar-refractivity contribution in [3.63, 3.8) is 0 Å².